The maximum atomic E-state index is 13.5. The van der Waals surface area contributed by atoms with Crippen LogP contribution in [0, 0.1) is 5.92 Å². The minimum absolute atomic E-state index is 0.101. The lowest BCUT2D eigenvalue weighted by Crippen LogP contribution is -2.64. The average Bonchev–Trinajstić information content (AvgIpc) is 2.71. The number of hydrogen-bond donors (Lipinski definition) is 3. The second kappa shape index (κ2) is 12.7. The van der Waals surface area contributed by atoms with Crippen molar-refractivity contribution in [2.75, 3.05) is 7.11 Å². The molecule has 192 valence electrons. The highest BCUT2D eigenvalue weighted by molar-refractivity contribution is 5.85. The Bertz CT molecular complexity index is 799. The molecule has 4 atom stereocenters. The lowest BCUT2D eigenvalue weighted by molar-refractivity contribution is -0.145. The third-order valence-electron chi connectivity index (χ3n) is 5.21. The third kappa shape index (κ3) is 10.5. The number of rotatable bonds is 10. The molecule has 3 N–H and O–H groups in total. The summed E-state index contributed by atoms with van der Waals surface area (Å²) in [6.45, 7) is 14.8. The molecule has 0 heterocycles. The Hall–Kier alpha value is -2.61. The topological polar surface area (TPSA) is 106 Å². The molecule has 0 radical (unpaired) electrons. The number of amides is 2. The fourth-order valence-corrected chi connectivity index (χ4v) is 3.42. The van der Waals surface area contributed by atoms with Crippen LogP contribution >= 0.6 is 0 Å². The van der Waals surface area contributed by atoms with Gasteiger partial charge in [0.25, 0.3) is 0 Å². The zero-order chi connectivity index (χ0) is 26.1. The Morgan fingerprint density at radius 3 is 2.03 bits per heavy atom. The number of esters is 1. The zero-order valence-electron chi connectivity index (χ0n) is 22.2. The Morgan fingerprint density at radius 1 is 0.971 bits per heavy atom. The van der Waals surface area contributed by atoms with Crippen molar-refractivity contribution in [3.05, 3.63) is 35.9 Å². The molecule has 0 aromatic heterocycles. The predicted molar refractivity (Wildman–Crippen MR) is 133 cm³/mol. The standard InChI is InChI=1S/C26H43N3O5/c1-10-17(2)20(23(31)33-9)28-21(22(30)29-25(3,4)5)19(16-18-14-12-11-13-15-18)27-24(32)34-26(6,7)8/h11-15,17,19-21,28H,10,16H2,1-9H3,(H,27,32)(H,29,30)/t17-,19-,20-,21?/m0/s1. The number of hydrogen-bond acceptors (Lipinski definition) is 6. The van der Waals surface area contributed by atoms with Crippen molar-refractivity contribution >= 4 is 18.0 Å². The number of methoxy groups -OCH3 is 1. The van der Waals surface area contributed by atoms with Gasteiger partial charge in [-0.25, -0.2) is 4.79 Å². The van der Waals surface area contributed by atoms with Crippen LogP contribution in [0.5, 0.6) is 0 Å². The lowest BCUT2D eigenvalue weighted by Gasteiger charge is -2.35. The molecule has 1 unspecified atom stereocenters. The van der Waals surface area contributed by atoms with Gasteiger partial charge in [-0.1, -0.05) is 50.6 Å². The lowest BCUT2D eigenvalue weighted by atomic mass is 9.93. The van der Waals surface area contributed by atoms with Crippen molar-refractivity contribution in [3.8, 4) is 0 Å². The van der Waals surface area contributed by atoms with Crippen LogP contribution in [0.25, 0.3) is 0 Å². The van der Waals surface area contributed by atoms with Crippen molar-refractivity contribution in [1.82, 2.24) is 16.0 Å². The molecule has 34 heavy (non-hydrogen) atoms. The minimum Gasteiger partial charge on any atom is -0.468 e. The fourth-order valence-electron chi connectivity index (χ4n) is 3.42. The molecule has 0 aliphatic carbocycles. The van der Waals surface area contributed by atoms with Gasteiger partial charge in [0, 0.05) is 5.54 Å². The van der Waals surface area contributed by atoms with Gasteiger partial charge in [0.1, 0.15) is 17.7 Å². The largest absolute Gasteiger partial charge is 0.468 e. The second-order valence-electron chi connectivity index (χ2n) is 10.7. The Morgan fingerprint density at radius 2 is 1.56 bits per heavy atom. The highest BCUT2D eigenvalue weighted by atomic mass is 16.6. The van der Waals surface area contributed by atoms with E-state index in [0.717, 1.165) is 5.56 Å². The molecular formula is C26H43N3O5. The predicted octanol–water partition coefficient (Wildman–Crippen LogP) is 3.58. The van der Waals surface area contributed by atoms with Gasteiger partial charge in [0.05, 0.1) is 13.2 Å². The first kappa shape index (κ1) is 29.4. The Kier molecular flexibility index (Phi) is 11.0. The molecule has 0 saturated heterocycles. The molecule has 0 aliphatic heterocycles. The summed E-state index contributed by atoms with van der Waals surface area (Å²) >= 11 is 0. The normalized spacial score (nSPS) is 15.4. The molecule has 2 amide bonds. The third-order valence-corrected chi connectivity index (χ3v) is 5.21. The van der Waals surface area contributed by atoms with E-state index in [2.05, 4.69) is 16.0 Å². The van der Waals surface area contributed by atoms with Crippen LogP contribution in [-0.4, -0.2) is 54.3 Å². The molecule has 1 rings (SSSR count). The molecule has 0 bridgehead atoms. The van der Waals surface area contributed by atoms with E-state index in [1.165, 1.54) is 7.11 Å². The van der Waals surface area contributed by atoms with E-state index in [-0.39, 0.29) is 11.8 Å². The van der Waals surface area contributed by atoms with Gasteiger partial charge in [-0.15, -0.1) is 0 Å². The monoisotopic (exact) mass is 477 g/mol. The Labute approximate surface area is 204 Å². The van der Waals surface area contributed by atoms with Crippen LogP contribution in [0.2, 0.25) is 0 Å². The molecule has 0 spiro atoms. The first-order valence-corrected chi connectivity index (χ1v) is 11.9. The van der Waals surface area contributed by atoms with Gasteiger partial charge in [0.2, 0.25) is 5.91 Å². The van der Waals surface area contributed by atoms with Gasteiger partial charge in [-0.05, 0) is 59.4 Å². The summed E-state index contributed by atoms with van der Waals surface area (Å²) in [7, 11) is 1.32. The van der Waals surface area contributed by atoms with Crippen molar-refractivity contribution < 1.29 is 23.9 Å². The average molecular weight is 478 g/mol. The van der Waals surface area contributed by atoms with E-state index >= 15 is 0 Å². The van der Waals surface area contributed by atoms with Crippen molar-refractivity contribution in [1.29, 1.82) is 0 Å². The van der Waals surface area contributed by atoms with Crippen LogP contribution in [-0.2, 0) is 25.5 Å². The van der Waals surface area contributed by atoms with Gasteiger partial charge >= 0.3 is 12.1 Å². The molecular weight excluding hydrogens is 434 g/mol. The number of nitrogens with one attached hydrogen (secondary N) is 3. The van der Waals surface area contributed by atoms with Gasteiger partial charge in [0.15, 0.2) is 0 Å². The number of carbonyl (C=O) groups excluding carboxylic acids is 3. The van der Waals surface area contributed by atoms with Crippen LogP contribution in [0.4, 0.5) is 4.79 Å². The molecule has 1 aromatic rings. The summed E-state index contributed by atoms with van der Waals surface area (Å²) in [4.78, 5) is 38.9. The van der Waals surface area contributed by atoms with E-state index < -0.39 is 41.3 Å². The summed E-state index contributed by atoms with van der Waals surface area (Å²) in [5.74, 6) is -0.892. The number of ether oxygens (including phenoxy) is 2. The number of alkyl carbamates (subject to hydrolysis) is 1. The SMILES string of the molecule is CC[C@H](C)[C@H](NC(C(=O)NC(C)(C)C)[C@H](Cc1ccccc1)NC(=O)OC(C)(C)C)C(=O)OC. The van der Waals surface area contributed by atoms with E-state index in [4.69, 9.17) is 9.47 Å². The molecule has 0 saturated carbocycles. The number of carbonyl (C=O) groups is 3. The highest BCUT2D eigenvalue weighted by Crippen LogP contribution is 2.16. The van der Waals surface area contributed by atoms with Crippen molar-refractivity contribution in [2.45, 2.75) is 97.5 Å². The molecule has 8 nitrogen and oxygen atoms in total. The van der Waals surface area contributed by atoms with Crippen LogP contribution < -0.4 is 16.0 Å². The van der Waals surface area contributed by atoms with E-state index in [1.54, 1.807) is 20.8 Å². The number of benzene rings is 1. The molecule has 0 fully saturated rings. The minimum atomic E-state index is -0.926. The van der Waals surface area contributed by atoms with Crippen LogP contribution in [0.3, 0.4) is 0 Å². The van der Waals surface area contributed by atoms with E-state index in [0.29, 0.717) is 12.8 Å². The quantitative estimate of drug-likeness (QED) is 0.445. The van der Waals surface area contributed by atoms with Crippen molar-refractivity contribution in [2.24, 2.45) is 5.92 Å². The summed E-state index contributed by atoms with van der Waals surface area (Å²) in [5.41, 5.74) is -0.294. The Balaban J connectivity index is 3.43. The maximum Gasteiger partial charge on any atom is 0.407 e. The molecule has 0 aliphatic rings. The molecule has 1 aromatic carbocycles. The van der Waals surface area contributed by atoms with Gasteiger partial charge in [-0.3, -0.25) is 14.9 Å². The summed E-state index contributed by atoms with van der Waals surface area (Å²) in [6, 6.07) is 7.19. The van der Waals surface area contributed by atoms with Gasteiger partial charge < -0.3 is 20.1 Å². The summed E-state index contributed by atoms with van der Waals surface area (Å²) in [6.07, 6.45) is 0.411. The van der Waals surface area contributed by atoms with Crippen LogP contribution in [0.15, 0.2) is 30.3 Å². The maximum absolute atomic E-state index is 13.5. The summed E-state index contributed by atoms with van der Waals surface area (Å²) in [5, 5.41) is 9.06. The van der Waals surface area contributed by atoms with Gasteiger partial charge in [-0.2, -0.15) is 0 Å². The van der Waals surface area contributed by atoms with E-state index in [9.17, 15) is 14.4 Å². The zero-order valence-corrected chi connectivity index (χ0v) is 22.2. The second-order valence-corrected chi connectivity index (χ2v) is 10.7. The van der Waals surface area contributed by atoms with E-state index in [1.807, 2.05) is 65.0 Å². The fraction of sp³-hybridized carbons (Fsp3) is 0.654. The first-order valence-electron chi connectivity index (χ1n) is 11.9. The van der Waals surface area contributed by atoms with Crippen molar-refractivity contribution in [3.63, 3.8) is 0 Å². The first-order chi connectivity index (χ1) is 15.7. The molecule has 8 heteroatoms. The smallest absolute Gasteiger partial charge is 0.407 e. The van der Waals surface area contributed by atoms with Crippen LogP contribution in [0.1, 0.15) is 67.4 Å². The summed E-state index contributed by atoms with van der Waals surface area (Å²) < 4.78 is 10.5. The highest BCUT2D eigenvalue weighted by Gasteiger charge is 2.37.